The molecule has 0 amide bonds. The Hall–Kier alpha value is -0.640. The number of carbonyl (C=O) groups excluding carboxylic acids is 1. The van der Waals surface area contributed by atoms with Crippen LogP contribution in [0.3, 0.4) is 0 Å². The molecular weight excluding hydrogens is 362 g/mol. The third-order valence-corrected chi connectivity index (χ3v) is 6.51. The number of thioether (sulfide) groups is 1. The normalized spacial score (nSPS) is 30.7. The van der Waals surface area contributed by atoms with Crippen LogP contribution in [0.5, 0.6) is 0 Å². The molecular formula is C14H18F6O3S. The fraction of sp³-hybridized carbons (Fsp3) is 0.929. The number of aliphatic hydroxyl groups is 1. The zero-order valence-electron chi connectivity index (χ0n) is 12.8. The number of esters is 1. The van der Waals surface area contributed by atoms with Crippen LogP contribution in [-0.4, -0.2) is 46.1 Å². The second-order valence-corrected chi connectivity index (χ2v) is 7.79. The van der Waals surface area contributed by atoms with E-state index >= 15 is 0 Å². The minimum absolute atomic E-state index is 0.00615. The van der Waals surface area contributed by atoms with Gasteiger partial charge in [-0.1, -0.05) is 6.92 Å². The quantitative estimate of drug-likeness (QED) is 0.584. The van der Waals surface area contributed by atoms with Crippen LogP contribution in [0.4, 0.5) is 26.3 Å². The van der Waals surface area contributed by atoms with Gasteiger partial charge in [-0.15, -0.1) is 0 Å². The average Bonchev–Trinajstić information content (AvgIpc) is 3.01. The molecule has 4 unspecified atom stereocenters. The molecule has 10 heteroatoms. The Kier molecular flexibility index (Phi) is 5.40. The van der Waals surface area contributed by atoms with E-state index in [4.69, 9.17) is 4.74 Å². The van der Waals surface area contributed by atoms with Crippen LogP contribution in [0.15, 0.2) is 0 Å². The van der Waals surface area contributed by atoms with Gasteiger partial charge in [0.25, 0.3) is 5.60 Å². The molecule has 0 aliphatic carbocycles. The topological polar surface area (TPSA) is 46.5 Å². The molecule has 0 spiro atoms. The lowest BCUT2D eigenvalue weighted by atomic mass is 9.76. The first kappa shape index (κ1) is 19.7. The van der Waals surface area contributed by atoms with Crippen molar-refractivity contribution in [2.24, 2.45) is 11.8 Å². The summed E-state index contributed by atoms with van der Waals surface area (Å²) in [4.78, 5) is 11.2. The van der Waals surface area contributed by atoms with Crippen LogP contribution in [0.2, 0.25) is 0 Å². The highest BCUT2D eigenvalue weighted by atomic mass is 32.2. The Morgan fingerprint density at radius 3 is 2.12 bits per heavy atom. The van der Waals surface area contributed by atoms with E-state index < -0.39 is 41.5 Å². The largest absolute Gasteiger partial charge is 0.465 e. The second kappa shape index (κ2) is 6.59. The minimum atomic E-state index is -5.79. The van der Waals surface area contributed by atoms with E-state index in [0.717, 1.165) is 0 Å². The van der Waals surface area contributed by atoms with Crippen LogP contribution >= 0.6 is 11.8 Å². The summed E-state index contributed by atoms with van der Waals surface area (Å²) in [5, 5.41) is 8.84. The number of hydrogen-bond donors (Lipinski definition) is 1. The minimum Gasteiger partial charge on any atom is -0.465 e. The molecule has 3 nitrogen and oxygen atoms in total. The highest BCUT2D eigenvalue weighted by Crippen LogP contribution is 2.57. The molecule has 0 aromatic heterocycles. The molecule has 2 fully saturated rings. The highest BCUT2D eigenvalue weighted by Gasteiger charge is 2.71. The molecule has 2 aliphatic heterocycles. The first-order valence-electron chi connectivity index (χ1n) is 7.56. The lowest BCUT2D eigenvalue weighted by molar-refractivity contribution is -0.372. The maximum Gasteiger partial charge on any atom is 0.426 e. The predicted molar refractivity (Wildman–Crippen MR) is 74.3 cm³/mol. The van der Waals surface area contributed by atoms with Gasteiger partial charge in [0.2, 0.25) is 0 Å². The maximum absolute atomic E-state index is 12.8. The van der Waals surface area contributed by atoms with Gasteiger partial charge in [-0.3, -0.25) is 4.79 Å². The van der Waals surface area contributed by atoms with Gasteiger partial charge in [0, 0.05) is 22.8 Å². The Morgan fingerprint density at radius 2 is 1.67 bits per heavy atom. The van der Waals surface area contributed by atoms with Crippen molar-refractivity contribution in [1.29, 1.82) is 0 Å². The monoisotopic (exact) mass is 380 g/mol. The van der Waals surface area contributed by atoms with Crippen LogP contribution < -0.4 is 0 Å². The third kappa shape index (κ3) is 3.63. The first-order chi connectivity index (χ1) is 10.9. The molecule has 0 saturated carbocycles. The molecule has 0 aromatic carbocycles. The highest BCUT2D eigenvalue weighted by molar-refractivity contribution is 8.01. The van der Waals surface area contributed by atoms with Crippen LogP contribution in [0, 0.1) is 11.8 Å². The van der Waals surface area contributed by atoms with Gasteiger partial charge in [-0.25, -0.2) is 0 Å². The van der Waals surface area contributed by atoms with E-state index in [1.165, 1.54) is 11.8 Å². The Labute approximate surface area is 139 Å². The number of fused-ring (bicyclic) bond motifs is 2. The van der Waals surface area contributed by atoms with E-state index in [2.05, 4.69) is 0 Å². The van der Waals surface area contributed by atoms with Gasteiger partial charge in [0.05, 0.1) is 6.61 Å². The summed E-state index contributed by atoms with van der Waals surface area (Å²) in [7, 11) is 0. The van der Waals surface area contributed by atoms with E-state index in [9.17, 15) is 36.2 Å². The second-order valence-electron chi connectivity index (χ2n) is 6.31. The molecule has 0 radical (unpaired) electrons. The van der Waals surface area contributed by atoms with Gasteiger partial charge < -0.3 is 9.84 Å². The summed E-state index contributed by atoms with van der Waals surface area (Å²) >= 11 is 1.33. The number of alkyl halides is 6. The Balaban J connectivity index is 2.08. The number of hydrogen-bond acceptors (Lipinski definition) is 4. The molecule has 4 atom stereocenters. The molecule has 0 aromatic rings. The van der Waals surface area contributed by atoms with Crippen molar-refractivity contribution in [3.05, 3.63) is 0 Å². The molecule has 2 bridgehead atoms. The zero-order valence-corrected chi connectivity index (χ0v) is 13.6. The molecule has 1 N–H and O–H groups in total. The molecule has 24 heavy (non-hydrogen) atoms. The molecule has 2 aliphatic rings. The SMILES string of the molecule is CCC(=O)OCC1CC2CC(CC(O)(C(F)(F)F)C(F)(F)F)C1S2. The summed E-state index contributed by atoms with van der Waals surface area (Å²) in [6, 6.07) is 0. The van der Waals surface area contributed by atoms with Crippen LogP contribution in [0.1, 0.15) is 32.6 Å². The van der Waals surface area contributed by atoms with E-state index in [0.29, 0.717) is 6.42 Å². The Bertz CT molecular complexity index is 464. The van der Waals surface area contributed by atoms with Gasteiger partial charge in [0.1, 0.15) is 0 Å². The zero-order chi connectivity index (χ0) is 18.3. The van der Waals surface area contributed by atoms with Gasteiger partial charge in [0.15, 0.2) is 0 Å². The molecule has 2 heterocycles. The molecule has 2 saturated heterocycles. The van der Waals surface area contributed by atoms with Crippen molar-refractivity contribution < 1.29 is 41.0 Å². The van der Waals surface area contributed by atoms with E-state index in [1.54, 1.807) is 6.92 Å². The van der Waals surface area contributed by atoms with Gasteiger partial charge >= 0.3 is 18.3 Å². The van der Waals surface area contributed by atoms with E-state index in [-0.39, 0.29) is 30.6 Å². The molecule has 2 rings (SSSR count). The number of ether oxygens (including phenoxy) is 1. The van der Waals surface area contributed by atoms with E-state index in [1.807, 2.05) is 0 Å². The summed E-state index contributed by atoms with van der Waals surface area (Å²) in [6.45, 7) is 1.58. The lowest BCUT2D eigenvalue weighted by Crippen LogP contribution is -2.58. The summed E-state index contributed by atoms with van der Waals surface area (Å²) in [5.41, 5.74) is -4.71. The van der Waals surface area contributed by atoms with Crippen LogP contribution in [-0.2, 0) is 9.53 Å². The first-order valence-corrected chi connectivity index (χ1v) is 8.50. The lowest BCUT2D eigenvalue weighted by Gasteiger charge is -2.37. The predicted octanol–water partition coefficient (Wildman–Crippen LogP) is 3.70. The third-order valence-electron chi connectivity index (χ3n) is 4.65. The number of halogens is 6. The van der Waals surface area contributed by atoms with Crippen molar-refractivity contribution in [2.45, 2.75) is 61.1 Å². The van der Waals surface area contributed by atoms with Crippen molar-refractivity contribution in [3.8, 4) is 0 Å². The van der Waals surface area contributed by atoms with Crippen LogP contribution in [0.25, 0.3) is 0 Å². The van der Waals surface area contributed by atoms with Gasteiger partial charge in [-0.05, 0) is 25.2 Å². The van der Waals surface area contributed by atoms with Crippen molar-refractivity contribution >= 4 is 17.7 Å². The van der Waals surface area contributed by atoms with Crippen molar-refractivity contribution in [2.75, 3.05) is 6.61 Å². The standard InChI is InChI=1S/C14H18F6O3S/c1-2-10(21)23-6-8-4-9-3-7(11(8)24-9)5-12(22,13(15,16)17)14(18,19)20/h7-9,11,22H,2-6H2,1H3. The van der Waals surface area contributed by atoms with Crippen molar-refractivity contribution in [1.82, 2.24) is 0 Å². The average molecular weight is 380 g/mol. The number of carbonyl (C=O) groups is 1. The molecule has 140 valence electrons. The summed E-state index contributed by atoms with van der Waals surface area (Å²) < 4.78 is 82.1. The fourth-order valence-electron chi connectivity index (χ4n) is 3.42. The summed E-state index contributed by atoms with van der Waals surface area (Å²) in [6.07, 6.45) is -12.0. The summed E-state index contributed by atoms with van der Waals surface area (Å²) in [5.74, 6) is -1.66. The van der Waals surface area contributed by atoms with Crippen molar-refractivity contribution in [3.63, 3.8) is 0 Å². The Morgan fingerprint density at radius 1 is 1.12 bits per heavy atom. The number of rotatable bonds is 5. The fourth-order valence-corrected chi connectivity index (χ4v) is 5.42. The smallest absolute Gasteiger partial charge is 0.426 e. The maximum atomic E-state index is 12.8. The van der Waals surface area contributed by atoms with Gasteiger partial charge in [-0.2, -0.15) is 38.1 Å².